The van der Waals surface area contributed by atoms with E-state index in [0.29, 0.717) is 24.3 Å². The Labute approximate surface area is 178 Å². The van der Waals surface area contributed by atoms with E-state index in [1.807, 2.05) is 24.3 Å². The first-order valence-electron chi connectivity index (χ1n) is 9.93. The minimum Gasteiger partial charge on any atom is -0.495 e. The molecule has 11 heteroatoms. The number of nitro groups is 1. The molecule has 3 aromatic rings. The largest absolute Gasteiger partial charge is 0.495 e. The predicted octanol–water partition coefficient (Wildman–Crippen LogP) is 1.89. The van der Waals surface area contributed by atoms with Crippen LogP contribution < -0.4 is 19.4 Å². The van der Waals surface area contributed by atoms with Crippen molar-refractivity contribution in [3.63, 3.8) is 0 Å². The summed E-state index contributed by atoms with van der Waals surface area (Å²) in [6, 6.07) is 9.62. The summed E-state index contributed by atoms with van der Waals surface area (Å²) in [6.45, 7) is 2.97. The molecule has 31 heavy (non-hydrogen) atoms. The zero-order valence-corrected chi connectivity index (χ0v) is 17.4. The lowest BCUT2D eigenvalue weighted by atomic mass is 10.1. The number of ether oxygens (including phenoxy) is 1. The van der Waals surface area contributed by atoms with Crippen LogP contribution in [0.1, 0.15) is 0 Å². The molecule has 4 rings (SSSR count). The number of nitro benzene ring substituents is 1. The van der Waals surface area contributed by atoms with E-state index in [1.165, 1.54) is 0 Å². The zero-order chi connectivity index (χ0) is 22.0. The van der Waals surface area contributed by atoms with Crippen LogP contribution in [0.5, 0.6) is 5.75 Å². The topological polar surface area (TPSA) is 121 Å². The monoisotopic (exact) mass is 428 g/mol. The van der Waals surface area contributed by atoms with E-state index in [9.17, 15) is 15.2 Å². The summed E-state index contributed by atoms with van der Waals surface area (Å²) in [5, 5.41) is 28.8. The number of methoxy groups -OCH3 is 1. The van der Waals surface area contributed by atoms with Crippen molar-refractivity contribution in [2.45, 2.75) is 0 Å². The van der Waals surface area contributed by atoms with Crippen LogP contribution in [0.25, 0.3) is 11.0 Å². The molecule has 164 valence electrons. The molecule has 0 aliphatic carbocycles. The molecule has 11 nitrogen and oxygen atoms in total. The third-order valence-electron chi connectivity index (χ3n) is 5.55. The standard InChI is InChI=1S/C20H24N6O5/c1-23(11-12-27)16-13-15(18-19(22-31-21-18)20(16)26(28)29)25-9-7-24(8-10-25)14-5-3-4-6-17(14)30-2/h3-6,13,27H,7-12H2,1-2H3. The van der Waals surface area contributed by atoms with Gasteiger partial charge in [-0.15, -0.1) is 0 Å². The highest BCUT2D eigenvalue weighted by molar-refractivity contribution is 6.00. The molecular weight excluding hydrogens is 404 g/mol. The summed E-state index contributed by atoms with van der Waals surface area (Å²) in [6.07, 6.45) is 0. The van der Waals surface area contributed by atoms with Crippen molar-refractivity contribution < 1.29 is 19.4 Å². The maximum atomic E-state index is 11.8. The van der Waals surface area contributed by atoms with Gasteiger partial charge in [0, 0.05) is 39.8 Å². The van der Waals surface area contributed by atoms with Crippen LogP contribution in [0.2, 0.25) is 0 Å². The molecule has 1 saturated heterocycles. The number of aromatic nitrogens is 2. The lowest BCUT2D eigenvalue weighted by molar-refractivity contribution is -0.382. The van der Waals surface area contributed by atoms with Crippen LogP contribution in [-0.2, 0) is 0 Å². The lowest BCUT2D eigenvalue weighted by Gasteiger charge is -2.38. The average Bonchev–Trinajstić information content (AvgIpc) is 3.27. The van der Waals surface area contributed by atoms with Gasteiger partial charge in [0.05, 0.1) is 30.0 Å². The average molecular weight is 428 g/mol. The summed E-state index contributed by atoms with van der Waals surface area (Å²) < 4.78 is 10.4. The predicted molar refractivity (Wildman–Crippen MR) is 116 cm³/mol. The quantitative estimate of drug-likeness (QED) is 0.441. The molecule has 2 aromatic carbocycles. The fourth-order valence-electron chi connectivity index (χ4n) is 3.96. The summed E-state index contributed by atoms with van der Waals surface area (Å²) in [5.74, 6) is 0.822. The molecule has 1 aliphatic rings. The Morgan fingerprint density at radius 1 is 1.16 bits per heavy atom. The first-order chi connectivity index (χ1) is 15.0. The number of nitrogens with zero attached hydrogens (tertiary/aromatic N) is 6. The van der Waals surface area contributed by atoms with Crippen LogP contribution in [0.3, 0.4) is 0 Å². The van der Waals surface area contributed by atoms with Crippen molar-refractivity contribution in [1.82, 2.24) is 10.3 Å². The minimum atomic E-state index is -0.487. The molecule has 0 unspecified atom stereocenters. The summed E-state index contributed by atoms with van der Waals surface area (Å²) in [5.41, 5.74) is 2.41. The maximum Gasteiger partial charge on any atom is 0.323 e. The van der Waals surface area contributed by atoms with Crippen molar-refractivity contribution in [2.75, 3.05) is 68.2 Å². The van der Waals surface area contributed by atoms with Gasteiger partial charge in [-0.2, -0.15) is 0 Å². The number of piperazine rings is 1. The van der Waals surface area contributed by atoms with Gasteiger partial charge in [-0.05, 0) is 28.5 Å². The molecule has 1 aromatic heterocycles. The smallest absolute Gasteiger partial charge is 0.323 e. The number of aliphatic hydroxyl groups excluding tert-OH is 1. The van der Waals surface area contributed by atoms with Crippen LogP contribution >= 0.6 is 0 Å². The van der Waals surface area contributed by atoms with E-state index in [-0.39, 0.29) is 24.4 Å². The normalized spacial score (nSPS) is 14.2. The molecule has 0 saturated carbocycles. The van der Waals surface area contributed by atoms with E-state index in [0.717, 1.165) is 30.2 Å². The first-order valence-corrected chi connectivity index (χ1v) is 9.93. The van der Waals surface area contributed by atoms with Crippen LogP contribution in [0.15, 0.2) is 35.0 Å². The van der Waals surface area contributed by atoms with E-state index >= 15 is 0 Å². The second-order valence-electron chi connectivity index (χ2n) is 7.27. The molecule has 2 heterocycles. The highest BCUT2D eigenvalue weighted by Crippen LogP contribution is 2.40. The van der Waals surface area contributed by atoms with Gasteiger partial charge in [0.1, 0.15) is 11.4 Å². The highest BCUT2D eigenvalue weighted by atomic mass is 16.6. The van der Waals surface area contributed by atoms with Gasteiger partial charge in [0.2, 0.25) is 5.52 Å². The lowest BCUT2D eigenvalue weighted by Crippen LogP contribution is -2.46. The van der Waals surface area contributed by atoms with Crippen molar-refractivity contribution >= 4 is 33.8 Å². The molecule has 1 aliphatic heterocycles. The molecule has 0 amide bonds. The summed E-state index contributed by atoms with van der Waals surface area (Å²) >= 11 is 0. The van der Waals surface area contributed by atoms with E-state index < -0.39 is 4.92 Å². The van der Waals surface area contributed by atoms with Gasteiger partial charge < -0.3 is 24.5 Å². The number of hydrogen-bond acceptors (Lipinski definition) is 10. The molecule has 0 radical (unpaired) electrons. The molecule has 1 N–H and O–H groups in total. The Balaban J connectivity index is 1.67. The second-order valence-corrected chi connectivity index (χ2v) is 7.27. The van der Waals surface area contributed by atoms with Crippen LogP contribution in [0.4, 0.5) is 22.7 Å². The number of likely N-dealkylation sites (N-methyl/N-ethyl adjacent to an activating group) is 1. The Morgan fingerprint density at radius 2 is 1.81 bits per heavy atom. The number of anilines is 3. The van der Waals surface area contributed by atoms with Crippen LogP contribution in [-0.4, -0.2) is 73.8 Å². The Morgan fingerprint density at radius 3 is 2.45 bits per heavy atom. The van der Waals surface area contributed by atoms with Crippen LogP contribution in [0, 0.1) is 10.1 Å². The van der Waals surface area contributed by atoms with Crippen molar-refractivity contribution in [3.05, 3.63) is 40.4 Å². The Bertz CT molecular complexity index is 1080. The van der Waals surface area contributed by atoms with Gasteiger partial charge in [-0.3, -0.25) is 10.1 Å². The zero-order valence-electron chi connectivity index (χ0n) is 17.4. The van der Waals surface area contributed by atoms with Gasteiger partial charge in [-0.1, -0.05) is 12.1 Å². The summed E-state index contributed by atoms with van der Waals surface area (Å²) in [4.78, 5) is 17.3. The van der Waals surface area contributed by atoms with Gasteiger partial charge in [0.25, 0.3) is 0 Å². The number of aliphatic hydroxyl groups is 1. The van der Waals surface area contributed by atoms with Gasteiger partial charge in [0.15, 0.2) is 5.52 Å². The maximum absolute atomic E-state index is 11.8. The number of fused-ring (bicyclic) bond motifs is 1. The number of rotatable bonds is 7. The van der Waals surface area contributed by atoms with Crippen molar-refractivity contribution in [2.24, 2.45) is 0 Å². The van der Waals surface area contributed by atoms with E-state index in [2.05, 4.69) is 20.1 Å². The van der Waals surface area contributed by atoms with E-state index in [4.69, 9.17) is 9.37 Å². The third-order valence-corrected chi connectivity index (χ3v) is 5.55. The molecule has 0 spiro atoms. The second kappa shape index (κ2) is 8.64. The van der Waals surface area contributed by atoms with Gasteiger partial charge >= 0.3 is 5.69 Å². The molecule has 0 atom stereocenters. The first kappa shape index (κ1) is 20.7. The fourth-order valence-corrected chi connectivity index (χ4v) is 3.96. The Kier molecular flexibility index (Phi) is 5.76. The van der Waals surface area contributed by atoms with Gasteiger partial charge in [-0.25, -0.2) is 4.63 Å². The van der Waals surface area contributed by atoms with E-state index in [1.54, 1.807) is 25.1 Å². The Hall–Kier alpha value is -3.60. The minimum absolute atomic E-state index is 0.106. The SMILES string of the molecule is COc1ccccc1N1CCN(c2cc(N(C)CCO)c([N+](=O)[O-])c3nonc23)CC1. The number of para-hydroxylation sites is 2. The molecular formula is C20H24N6O5. The fraction of sp³-hybridized carbons (Fsp3) is 0.400. The summed E-state index contributed by atoms with van der Waals surface area (Å²) in [7, 11) is 3.35. The third kappa shape index (κ3) is 3.79. The van der Waals surface area contributed by atoms with Crippen molar-refractivity contribution in [1.29, 1.82) is 0 Å². The highest BCUT2D eigenvalue weighted by Gasteiger charge is 2.30. The number of hydrogen-bond donors (Lipinski definition) is 1. The van der Waals surface area contributed by atoms with Crippen molar-refractivity contribution in [3.8, 4) is 5.75 Å². The molecule has 0 bridgehead atoms. The molecule has 1 fully saturated rings. The number of benzene rings is 2.